The highest BCUT2D eigenvalue weighted by Crippen LogP contribution is 2.29. The summed E-state index contributed by atoms with van der Waals surface area (Å²) in [5, 5.41) is 16.1. The van der Waals surface area contributed by atoms with Gasteiger partial charge in [-0.3, -0.25) is 0 Å². The van der Waals surface area contributed by atoms with Gasteiger partial charge in [-0.15, -0.1) is 24.0 Å². The fraction of sp³-hybridized carbons (Fsp3) is 0.579. The molecule has 0 aliphatic rings. The van der Waals surface area contributed by atoms with E-state index in [1.165, 1.54) is 0 Å². The molecular formula is C19H31BrIN5O. The van der Waals surface area contributed by atoms with Crippen molar-refractivity contribution in [1.29, 1.82) is 0 Å². The maximum atomic E-state index is 9.39. The van der Waals surface area contributed by atoms with Crippen molar-refractivity contribution in [2.45, 2.75) is 46.6 Å². The van der Waals surface area contributed by atoms with Crippen LogP contribution in [0.5, 0.6) is 0 Å². The van der Waals surface area contributed by atoms with E-state index in [1.807, 2.05) is 28.9 Å². The maximum Gasteiger partial charge on any atom is 0.191 e. The first-order valence-electron chi connectivity index (χ1n) is 9.32. The highest BCUT2D eigenvalue weighted by molar-refractivity contribution is 14.0. The molecule has 2 heterocycles. The molecule has 6 nitrogen and oxygen atoms in total. The van der Waals surface area contributed by atoms with Crippen LogP contribution in [0, 0.1) is 5.41 Å². The molecule has 0 aromatic carbocycles. The SMILES string of the molecule is CCNC(=NCc1cn2cc(Br)ccc2n1)NCC(CC)(CC)CCO.I. The van der Waals surface area contributed by atoms with Crippen LogP contribution < -0.4 is 10.6 Å². The van der Waals surface area contributed by atoms with Gasteiger partial charge in [-0.1, -0.05) is 13.8 Å². The number of aliphatic hydroxyl groups is 1. The minimum Gasteiger partial charge on any atom is -0.396 e. The van der Waals surface area contributed by atoms with Crippen molar-refractivity contribution in [3.63, 3.8) is 0 Å². The van der Waals surface area contributed by atoms with Crippen LogP contribution in [0.1, 0.15) is 45.7 Å². The standard InChI is InChI=1S/C19H30BrN5O.HI/c1-4-19(5-2,9-10-26)14-23-18(21-6-3)22-11-16-13-25-12-15(20)7-8-17(25)24-16;/h7-8,12-13,26H,4-6,9-11,14H2,1-3H3,(H2,21,22,23);1H. The number of aliphatic imine (C=N–C) groups is 1. The molecule has 0 bridgehead atoms. The number of hydrogen-bond donors (Lipinski definition) is 3. The van der Waals surface area contributed by atoms with Gasteiger partial charge >= 0.3 is 0 Å². The van der Waals surface area contributed by atoms with E-state index >= 15 is 0 Å². The summed E-state index contributed by atoms with van der Waals surface area (Å²) in [6.45, 7) is 8.74. The molecule has 0 fully saturated rings. The van der Waals surface area contributed by atoms with E-state index in [0.29, 0.717) is 6.54 Å². The van der Waals surface area contributed by atoms with Crippen LogP contribution in [-0.4, -0.2) is 40.1 Å². The lowest BCUT2D eigenvalue weighted by atomic mass is 9.79. The first-order chi connectivity index (χ1) is 12.6. The second kappa shape index (κ2) is 11.9. The molecule has 0 amide bonds. The summed E-state index contributed by atoms with van der Waals surface area (Å²) in [5.41, 5.74) is 1.93. The van der Waals surface area contributed by atoms with Gasteiger partial charge in [-0.2, -0.15) is 0 Å². The number of aromatic nitrogens is 2. The summed E-state index contributed by atoms with van der Waals surface area (Å²) in [5.74, 6) is 0.787. The molecule has 2 aromatic heterocycles. The number of nitrogens with zero attached hydrogens (tertiary/aromatic N) is 3. The van der Waals surface area contributed by atoms with E-state index in [2.05, 4.69) is 57.3 Å². The van der Waals surface area contributed by atoms with Crippen LogP contribution in [0.3, 0.4) is 0 Å². The molecule has 152 valence electrons. The monoisotopic (exact) mass is 551 g/mol. The number of aliphatic hydroxyl groups excluding tert-OH is 1. The Balaban J connectivity index is 0.00000364. The summed E-state index contributed by atoms with van der Waals surface area (Å²) in [4.78, 5) is 9.28. The molecule has 0 unspecified atom stereocenters. The van der Waals surface area contributed by atoms with Crippen LogP contribution in [-0.2, 0) is 6.54 Å². The predicted octanol–water partition coefficient (Wildman–Crippen LogP) is 3.96. The van der Waals surface area contributed by atoms with Gasteiger partial charge in [-0.05, 0) is 59.7 Å². The number of hydrogen-bond acceptors (Lipinski definition) is 3. The Kier molecular flexibility index (Phi) is 10.6. The number of guanidine groups is 1. The van der Waals surface area contributed by atoms with E-state index < -0.39 is 0 Å². The van der Waals surface area contributed by atoms with Crippen molar-refractivity contribution in [2.24, 2.45) is 10.4 Å². The van der Waals surface area contributed by atoms with Crippen molar-refractivity contribution >= 4 is 51.5 Å². The lowest BCUT2D eigenvalue weighted by molar-refractivity contribution is 0.169. The van der Waals surface area contributed by atoms with Gasteiger partial charge in [0.05, 0.1) is 12.2 Å². The summed E-state index contributed by atoms with van der Waals surface area (Å²) in [6.07, 6.45) is 6.84. The van der Waals surface area contributed by atoms with Crippen molar-refractivity contribution in [3.05, 3.63) is 34.7 Å². The first kappa shape index (κ1) is 24.2. The van der Waals surface area contributed by atoms with Crippen molar-refractivity contribution < 1.29 is 5.11 Å². The first-order valence-corrected chi connectivity index (χ1v) is 10.1. The van der Waals surface area contributed by atoms with Gasteiger partial charge in [0.25, 0.3) is 0 Å². The Morgan fingerprint density at radius 3 is 2.59 bits per heavy atom. The predicted molar refractivity (Wildman–Crippen MR) is 126 cm³/mol. The molecule has 2 rings (SSSR count). The fourth-order valence-corrected chi connectivity index (χ4v) is 3.40. The van der Waals surface area contributed by atoms with E-state index in [9.17, 15) is 5.11 Å². The third kappa shape index (κ3) is 6.90. The molecule has 3 N–H and O–H groups in total. The van der Waals surface area contributed by atoms with Gasteiger partial charge in [0.15, 0.2) is 5.96 Å². The van der Waals surface area contributed by atoms with Crippen LogP contribution in [0.25, 0.3) is 5.65 Å². The summed E-state index contributed by atoms with van der Waals surface area (Å²) < 4.78 is 3.02. The number of pyridine rings is 1. The highest BCUT2D eigenvalue weighted by atomic mass is 127. The van der Waals surface area contributed by atoms with Crippen LogP contribution >= 0.6 is 39.9 Å². The maximum absolute atomic E-state index is 9.39. The summed E-state index contributed by atoms with van der Waals surface area (Å²) in [6, 6.07) is 3.96. The van der Waals surface area contributed by atoms with Crippen LogP contribution in [0.4, 0.5) is 0 Å². The van der Waals surface area contributed by atoms with Crippen molar-refractivity contribution in [3.8, 4) is 0 Å². The van der Waals surface area contributed by atoms with E-state index in [-0.39, 0.29) is 36.0 Å². The lowest BCUT2D eigenvalue weighted by Gasteiger charge is -2.32. The molecule has 0 spiro atoms. The number of imidazole rings is 1. The largest absolute Gasteiger partial charge is 0.396 e. The molecular weight excluding hydrogens is 521 g/mol. The minimum atomic E-state index is 0. The van der Waals surface area contributed by atoms with Gasteiger partial charge in [0.2, 0.25) is 0 Å². The van der Waals surface area contributed by atoms with Gasteiger partial charge in [-0.25, -0.2) is 9.98 Å². The minimum absolute atomic E-state index is 0. The zero-order valence-corrected chi connectivity index (χ0v) is 20.3. The van der Waals surface area contributed by atoms with Crippen molar-refractivity contribution in [2.75, 3.05) is 19.7 Å². The van der Waals surface area contributed by atoms with Gasteiger partial charge in [0.1, 0.15) is 5.65 Å². The summed E-state index contributed by atoms with van der Waals surface area (Å²) >= 11 is 3.48. The molecule has 0 atom stereocenters. The molecule has 0 aliphatic heterocycles. The topological polar surface area (TPSA) is 74.0 Å². The van der Waals surface area contributed by atoms with Gasteiger partial charge < -0.3 is 20.1 Å². The van der Waals surface area contributed by atoms with Crippen LogP contribution in [0.2, 0.25) is 0 Å². The zero-order valence-electron chi connectivity index (χ0n) is 16.3. The Bertz CT molecular complexity index is 730. The molecule has 0 radical (unpaired) electrons. The molecule has 0 saturated heterocycles. The van der Waals surface area contributed by atoms with E-state index in [0.717, 1.165) is 54.1 Å². The smallest absolute Gasteiger partial charge is 0.191 e. The Hall–Kier alpha value is -0.870. The quantitative estimate of drug-likeness (QED) is 0.250. The zero-order chi connectivity index (χ0) is 19.0. The van der Waals surface area contributed by atoms with Gasteiger partial charge in [0, 0.05) is 36.6 Å². The number of fused-ring (bicyclic) bond motifs is 1. The van der Waals surface area contributed by atoms with E-state index in [4.69, 9.17) is 0 Å². The highest BCUT2D eigenvalue weighted by Gasteiger charge is 2.25. The summed E-state index contributed by atoms with van der Waals surface area (Å²) in [7, 11) is 0. The Morgan fingerprint density at radius 1 is 1.22 bits per heavy atom. The molecule has 0 saturated carbocycles. The number of nitrogens with one attached hydrogen (secondary N) is 2. The van der Waals surface area contributed by atoms with Crippen molar-refractivity contribution in [1.82, 2.24) is 20.0 Å². The molecule has 27 heavy (non-hydrogen) atoms. The fourth-order valence-electron chi connectivity index (χ4n) is 3.05. The molecule has 2 aromatic rings. The Labute approximate surface area is 187 Å². The average Bonchev–Trinajstić information content (AvgIpc) is 3.05. The molecule has 8 heteroatoms. The average molecular weight is 552 g/mol. The normalized spacial score (nSPS) is 12.1. The number of halogens is 2. The third-order valence-corrected chi connectivity index (χ3v) is 5.45. The van der Waals surface area contributed by atoms with E-state index in [1.54, 1.807) is 0 Å². The molecule has 0 aliphatic carbocycles. The van der Waals surface area contributed by atoms with Crippen LogP contribution in [0.15, 0.2) is 34.0 Å². The lowest BCUT2D eigenvalue weighted by Crippen LogP contribution is -2.43. The number of rotatable bonds is 9. The second-order valence-corrected chi connectivity index (χ2v) is 7.49. The second-order valence-electron chi connectivity index (χ2n) is 6.57. The Morgan fingerprint density at radius 2 is 1.96 bits per heavy atom. The third-order valence-electron chi connectivity index (χ3n) is 4.98.